The minimum absolute atomic E-state index is 0.0146. The summed E-state index contributed by atoms with van der Waals surface area (Å²) in [5, 5.41) is 2.40. The molecule has 0 aromatic heterocycles. The van der Waals surface area contributed by atoms with Gasteiger partial charge in [0.15, 0.2) is 11.5 Å². The van der Waals surface area contributed by atoms with E-state index in [1.807, 2.05) is 6.07 Å². The number of quaternary nitrogens is 1. The van der Waals surface area contributed by atoms with Crippen molar-refractivity contribution < 1.29 is 19.5 Å². The number of ether oxygens (including phenoxy) is 3. The van der Waals surface area contributed by atoms with Crippen molar-refractivity contribution in [1.29, 1.82) is 0 Å². The fraction of sp³-hybridized carbons (Fsp3) is 0.520. The molecule has 0 saturated carbocycles. The lowest BCUT2D eigenvalue weighted by atomic mass is 9.75. The molecule has 4 heteroatoms. The normalized spacial score (nSPS) is 19.5. The van der Waals surface area contributed by atoms with E-state index in [2.05, 4.69) is 61.6 Å². The van der Waals surface area contributed by atoms with E-state index in [0.717, 1.165) is 44.0 Å². The summed E-state index contributed by atoms with van der Waals surface area (Å²) in [6.45, 7) is 7.37. The Morgan fingerprint density at radius 3 is 2.52 bits per heavy atom. The summed E-state index contributed by atoms with van der Waals surface area (Å²) in [5.41, 5.74) is 2.71. The summed E-state index contributed by atoms with van der Waals surface area (Å²) in [6, 6.07) is 17.2. The maximum atomic E-state index is 5.98. The molecule has 3 rings (SSSR count). The first-order chi connectivity index (χ1) is 14.0. The average molecular weight is 399 g/mol. The molecule has 2 atom stereocenters. The summed E-state index contributed by atoms with van der Waals surface area (Å²) in [5.74, 6) is 2.84. The van der Waals surface area contributed by atoms with Gasteiger partial charge in [-0.15, -0.1) is 0 Å². The second-order valence-corrected chi connectivity index (χ2v) is 8.64. The molecular weight excluding hydrogens is 362 g/mol. The molecule has 0 radical (unpaired) electrons. The van der Waals surface area contributed by atoms with Crippen LogP contribution in [0.25, 0.3) is 0 Å². The van der Waals surface area contributed by atoms with E-state index in [9.17, 15) is 0 Å². The van der Waals surface area contributed by atoms with E-state index in [4.69, 9.17) is 14.2 Å². The Hall–Kier alpha value is -2.04. The van der Waals surface area contributed by atoms with Crippen LogP contribution in [-0.2, 0) is 11.3 Å². The summed E-state index contributed by atoms with van der Waals surface area (Å²) in [4.78, 5) is 0. The van der Waals surface area contributed by atoms with Gasteiger partial charge < -0.3 is 19.5 Å². The van der Waals surface area contributed by atoms with Crippen LogP contribution in [0, 0.1) is 5.92 Å². The van der Waals surface area contributed by atoms with Crippen LogP contribution >= 0.6 is 0 Å². The molecule has 158 valence electrons. The van der Waals surface area contributed by atoms with Crippen LogP contribution in [-0.4, -0.2) is 33.0 Å². The molecule has 1 saturated heterocycles. The molecule has 0 spiro atoms. The number of hydrogen-bond donors (Lipinski definition) is 1. The van der Waals surface area contributed by atoms with Gasteiger partial charge in [-0.05, 0) is 62.3 Å². The van der Waals surface area contributed by atoms with Gasteiger partial charge in [-0.1, -0.05) is 30.3 Å². The number of nitrogens with two attached hydrogens (primary N) is 1. The van der Waals surface area contributed by atoms with Gasteiger partial charge in [-0.3, -0.25) is 0 Å². The van der Waals surface area contributed by atoms with E-state index in [1.54, 1.807) is 14.2 Å². The third-order valence-electron chi connectivity index (χ3n) is 6.04. The molecule has 0 aliphatic carbocycles. The lowest BCUT2D eigenvalue weighted by Gasteiger charge is -2.39. The third kappa shape index (κ3) is 5.97. The maximum absolute atomic E-state index is 5.98. The number of benzene rings is 2. The lowest BCUT2D eigenvalue weighted by Crippen LogP contribution is -2.82. The van der Waals surface area contributed by atoms with Gasteiger partial charge in [0.2, 0.25) is 0 Å². The summed E-state index contributed by atoms with van der Waals surface area (Å²) < 4.78 is 16.7. The maximum Gasteiger partial charge on any atom is 0.161 e. The summed E-state index contributed by atoms with van der Waals surface area (Å²) in [7, 11) is 3.36. The van der Waals surface area contributed by atoms with Gasteiger partial charge in [0.05, 0.1) is 26.4 Å². The van der Waals surface area contributed by atoms with E-state index >= 15 is 0 Å². The van der Waals surface area contributed by atoms with Crippen molar-refractivity contribution >= 4 is 0 Å². The van der Waals surface area contributed by atoms with Crippen LogP contribution in [0.2, 0.25) is 0 Å². The Labute approximate surface area is 175 Å². The molecule has 4 nitrogen and oxygen atoms in total. The standard InChI is InChI=1S/C25H35NO3/c1-25(2)17-21(13-15-29-25)22(20-8-6-5-7-9-20)12-14-26-18-19-10-11-23(27-3)24(16-19)28-4/h5-11,16,21-22,26H,12-15,17-18H2,1-4H3/p+1/t21-,22+/m1/s1. The van der Waals surface area contributed by atoms with Crippen molar-refractivity contribution in [3.63, 3.8) is 0 Å². The molecule has 2 N–H and O–H groups in total. The predicted octanol–water partition coefficient (Wildman–Crippen LogP) is 4.15. The first-order valence-electron chi connectivity index (χ1n) is 10.7. The van der Waals surface area contributed by atoms with E-state index < -0.39 is 0 Å². The highest BCUT2D eigenvalue weighted by Crippen LogP contribution is 2.39. The first kappa shape index (κ1) is 21.7. The van der Waals surface area contributed by atoms with E-state index in [0.29, 0.717) is 11.8 Å². The Bertz CT molecular complexity index is 760. The highest BCUT2D eigenvalue weighted by molar-refractivity contribution is 5.42. The van der Waals surface area contributed by atoms with Gasteiger partial charge in [0.25, 0.3) is 0 Å². The predicted molar refractivity (Wildman–Crippen MR) is 117 cm³/mol. The molecule has 0 unspecified atom stereocenters. The number of hydrogen-bond acceptors (Lipinski definition) is 3. The Balaban J connectivity index is 1.60. The van der Waals surface area contributed by atoms with E-state index in [1.165, 1.54) is 17.5 Å². The highest BCUT2D eigenvalue weighted by Gasteiger charge is 2.34. The van der Waals surface area contributed by atoms with Crippen molar-refractivity contribution in [2.45, 2.75) is 51.2 Å². The zero-order valence-corrected chi connectivity index (χ0v) is 18.3. The second kappa shape index (κ2) is 10.1. The van der Waals surface area contributed by atoms with Crippen LogP contribution in [0.1, 0.15) is 50.2 Å². The molecule has 1 aliphatic heterocycles. The van der Waals surface area contributed by atoms with Crippen molar-refractivity contribution in [3.8, 4) is 11.5 Å². The van der Waals surface area contributed by atoms with Gasteiger partial charge in [-0.2, -0.15) is 0 Å². The monoisotopic (exact) mass is 398 g/mol. The summed E-state index contributed by atoms with van der Waals surface area (Å²) >= 11 is 0. The minimum atomic E-state index is -0.0146. The van der Waals surface area contributed by atoms with Crippen LogP contribution < -0.4 is 14.8 Å². The quantitative estimate of drug-likeness (QED) is 0.646. The number of rotatable bonds is 9. The summed E-state index contributed by atoms with van der Waals surface area (Å²) in [6.07, 6.45) is 3.46. The van der Waals surface area contributed by atoms with Crippen molar-refractivity contribution in [2.75, 3.05) is 27.4 Å². The SMILES string of the molecule is COc1ccc(C[NH2+]CC[C@@H](c2ccccc2)[C@@H]2CCOC(C)(C)C2)cc1OC. The van der Waals surface area contributed by atoms with Gasteiger partial charge in [0, 0.05) is 18.6 Å². The van der Waals surface area contributed by atoms with Crippen molar-refractivity contribution in [1.82, 2.24) is 0 Å². The zero-order chi connectivity index (χ0) is 20.7. The molecular formula is C25H36NO3+. The van der Waals surface area contributed by atoms with Gasteiger partial charge in [-0.25, -0.2) is 0 Å². The molecule has 1 fully saturated rings. The Morgan fingerprint density at radius 2 is 1.83 bits per heavy atom. The van der Waals surface area contributed by atoms with Gasteiger partial charge >= 0.3 is 0 Å². The molecule has 0 bridgehead atoms. The molecule has 1 aliphatic rings. The van der Waals surface area contributed by atoms with Gasteiger partial charge in [0.1, 0.15) is 6.54 Å². The molecule has 2 aromatic carbocycles. The van der Waals surface area contributed by atoms with Crippen LogP contribution in [0.3, 0.4) is 0 Å². The van der Waals surface area contributed by atoms with Crippen molar-refractivity contribution in [2.24, 2.45) is 5.92 Å². The minimum Gasteiger partial charge on any atom is -0.493 e. The zero-order valence-electron chi connectivity index (χ0n) is 18.3. The van der Waals surface area contributed by atoms with Crippen LogP contribution in [0.4, 0.5) is 0 Å². The molecule has 0 amide bonds. The smallest absolute Gasteiger partial charge is 0.161 e. The van der Waals surface area contributed by atoms with Crippen LogP contribution in [0.5, 0.6) is 11.5 Å². The van der Waals surface area contributed by atoms with E-state index in [-0.39, 0.29) is 5.60 Å². The topological polar surface area (TPSA) is 44.3 Å². The fourth-order valence-electron chi connectivity index (χ4n) is 4.57. The number of methoxy groups -OCH3 is 2. The lowest BCUT2D eigenvalue weighted by molar-refractivity contribution is -0.671. The fourth-order valence-corrected chi connectivity index (χ4v) is 4.57. The first-order valence-corrected chi connectivity index (χ1v) is 10.7. The molecule has 1 heterocycles. The molecule has 29 heavy (non-hydrogen) atoms. The highest BCUT2D eigenvalue weighted by atomic mass is 16.5. The van der Waals surface area contributed by atoms with Crippen molar-refractivity contribution in [3.05, 3.63) is 59.7 Å². The largest absolute Gasteiger partial charge is 0.493 e. The second-order valence-electron chi connectivity index (χ2n) is 8.64. The van der Waals surface area contributed by atoms with Crippen LogP contribution in [0.15, 0.2) is 48.5 Å². The average Bonchev–Trinajstić information content (AvgIpc) is 2.73. The Morgan fingerprint density at radius 1 is 1.07 bits per heavy atom. The Kier molecular flexibility index (Phi) is 7.57. The third-order valence-corrected chi connectivity index (χ3v) is 6.04. The molecule has 2 aromatic rings.